The average molecular weight is 273 g/mol. The smallest absolute Gasteiger partial charge is 0.117 e. The van der Waals surface area contributed by atoms with Gasteiger partial charge in [0.2, 0.25) is 0 Å². The van der Waals surface area contributed by atoms with E-state index in [9.17, 15) is 0 Å². The first-order valence-electron chi connectivity index (χ1n) is 7.67. The molecule has 2 heterocycles. The van der Waals surface area contributed by atoms with Crippen molar-refractivity contribution in [3.63, 3.8) is 0 Å². The molecule has 108 valence electrons. The maximum Gasteiger partial charge on any atom is 0.117 e. The second-order valence-corrected chi connectivity index (χ2v) is 5.83. The van der Waals surface area contributed by atoms with Gasteiger partial charge in [-0.1, -0.05) is 19.3 Å². The first kappa shape index (κ1) is 13.5. The van der Waals surface area contributed by atoms with Gasteiger partial charge in [0, 0.05) is 6.54 Å². The Labute approximate surface area is 120 Å². The van der Waals surface area contributed by atoms with Gasteiger partial charge in [-0.2, -0.15) is 0 Å². The molecule has 0 spiro atoms. The van der Waals surface area contributed by atoms with Gasteiger partial charge in [0.1, 0.15) is 11.5 Å². The summed E-state index contributed by atoms with van der Waals surface area (Å²) in [7, 11) is 0. The Bertz CT molecular complexity index is 433. The molecule has 20 heavy (non-hydrogen) atoms. The number of hydrogen-bond acceptors (Lipinski definition) is 3. The van der Waals surface area contributed by atoms with Gasteiger partial charge in [0.05, 0.1) is 25.6 Å². The Morgan fingerprint density at radius 3 is 2.00 bits per heavy atom. The monoisotopic (exact) mass is 273 g/mol. The van der Waals surface area contributed by atoms with Crippen LogP contribution in [-0.2, 0) is 13.1 Å². The van der Waals surface area contributed by atoms with E-state index in [1.54, 1.807) is 12.5 Å². The summed E-state index contributed by atoms with van der Waals surface area (Å²) >= 11 is 0. The molecule has 0 unspecified atom stereocenters. The van der Waals surface area contributed by atoms with Gasteiger partial charge in [-0.3, -0.25) is 4.90 Å². The van der Waals surface area contributed by atoms with Crippen LogP contribution >= 0.6 is 0 Å². The Hall–Kier alpha value is -1.48. The van der Waals surface area contributed by atoms with Crippen LogP contribution in [0.1, 0.15) is 43.6 Å². The van der Waals surface area contributed by atoms with Gasteiger partial charge < -0.3 is 8.83 Å². The molecular weight excluding hydrogens is 250 g/mol. The molecule has 0 aliphatic heterocycles. The highest BCUT2D eigenvalue weighted by atomic mass is 16.3. The van der Waals surface area contributed by atoms with E-state index >= 15 is 0 Å². The molecule has 3 heteroatoms. The van der Waals surface area contributed by atoms with Crippen LogP contribution in [0, 0.1) is 5.92 Å². The fourth-order valence-electron chi connectivity index (χ4n) is 3.17. The van der Waals surface area contributed by atoms with Crippen LogP contribution < -0.4 is 0 Å². The molecule has 0 saturated heterocycles. The van der Waals surface area contributed by atoms with Crippen LogP contribution in [0.4, 0.5) is 0 Å². The van der Waals surface area contributed by atoms with Crippen LogP contribution in [-0.4, -0.2) is 11.4 Å². The molecule has 2 aromatic heterocycles. The van der Waals surface area contributed by atoms with E-state index in [0.29, 0.717) is 0 Å². The van der Waals surface area contributed by atoms with Crippen molar-refractivity contribution in [2.24, 2.45) is 5.92 Å². The molecular formula is C17H23NO2. The number of nitrogens with zero attached hydrogens (tertiary/aromatic N) is 1. The lowest BCUT2D eigenvalue weighted by Gasteiger charge is -2.28. The third kappa shape index (κ3) is 3.76. The van der Waals surface area contributed by atoms with Crippen LogP contribution in [0.2, 0.25) is 0 Å². The van der Waals surface area contributed by atoms with E-state index < -0.39 is 0 Å². The van der Waals surface area contributed by atoms with E-state index in [-0.39, 0.29) is 0 Å². The zero-order chi connectivity index (χ0) is 13.6. The van der Waals surface area contributed by atoms with E-state index in [1.807, 2.05) is 12.1 Å². The molecule has 0 atom stereocenters. The molecule has 2 aromatic rings. The molecule has 0 amide bonds. The molecule has 1 aliphatic rings. The van der Waals surface area contributed by atoms with E-state index in [4.69, 9.17) is 8.83 Å². The molecule has 1 aliphatic carbocycles. The third-order valence-corrected chi connectivity index (χ3v) is 4.16. The lowest BCUT2D eigenvalue weighted by Crippen LogP contribution is -2.29. The predicted octanol–water partition coefficient (Wildman–Crippen LogP) is 4.46. The summed E-state index contributed by atoms with van der Waals surface area (Å²) < 4.78 is 11.0. The van der Waals surface area contributed by atoms with Gasteiger partial charge in [-0.15, -0.1) is 0 Å². The molecule has 1 saturated carbocycles. The zero-order valence-electron chi connectivity index (χ0n) is 12.0. The van der Waals surface area contributed by atoms with Crippen molar-refractivity contribution < 1.29 is 8.83 Å². The normalized spacial score (nSPS) is 16.9. The average Bonchev–Trinajstić information content (AvgIpc) is 3.13. The maximum atomic E-state index is 5.50. The van der Waals surface area contributed by atoms with E-state index in [2.05, 4.69) is 17.0 Å². The highest BCUT2D eigenvalue weighted by Crippen LogP contribution is 2.25. The third-order valence-electron chi connectivity index (χ3n) is 4.16. The second-order valence-electron chi connectivity index (χ2n) is 5.83. The number of rotatable bonds is 6. The largest absolute Gasteiger partial charge is 0.468 e. The number of hydrogen-bond donors (Lipinski definition) is 0. The Balaban J connectivity index is 1.62. The van der Waals surface area contributed by atoms with Crippen LogP contribution in [0.3, 0.4) is 0 Å². The van der Waals surface area contributed by atoms with Crippen molar-refractivity contribution in [3.8, 4) is 0 Å². The zero-order valence-corrected chi connectivity index (χ0v) is 12.0. The molecule has 0 bridgehead atoms. The van der Waals surface area contributed by atoms with Gasteiger partial charge in [-0.05, 0) is 43.0 Å². The fourth-order valence-corrected chi connectivity index (χ4v) is 3.17. The lowest BCUT2D eigenvalue weighted by atomic mass is 9.89. The lowest BCUT2D eigenvalue weighted by molar-refractivity contribution is 0.165. The molecule has 0 N–H and O–H groups in total. The van der Waals surface area contributed by atoms with E-state index in [1.165, 1.54) is 32.1 Å². The minimum Gasteiger partial charge on any atom is -0.468 e. The molecule has 3 rings (SSSR count). The topological polar surface area (TPSA) is 29.5 Å². The van der Waals surface area contributed by atoms with Crippen LogP contribution in [0.5, 0.6) is 0 Å². The summed E-state index contributed by atoms with van der Waals surface area (Å²) in [6.07, 6.45) is 10.4. The molecule has 1 fully saturated rings. The Kier molecular flexibility index (Phi) is 4.59. The highest BCUT2D eigenvalue weighted by Gasteiger charge is 2.19. The summed E-state index contributed by atoms with van der Waals surface area (Å²) in [6, 6.07) is 8.02. The summed E-state index contributed by atoms with van der Waals surface area (Å²) in [5, 5.41) is 0. The van der Waals surface area contributed by atoms with Crippen molar-refractivity contribution in [2.75, 3.05) is 6.54 Å². The summed E-state index contributed by atoms with van der Waals surface area (Å²) in [5.41, 5.74) is 0. The molecule has 0 radical (unpaired) electrons. The number of furan rings is 2. The summed E-state index contributed by atoms with van der Waals surface area (Å²) in [6.45, 7) is 2.87. The van der Waals surface area contributed by atoms with E-state index in [0.717, 1.165) is 37.1 Å². The molecule has 0 aromatic carbocycles. The summed E-state index contributed by atoms with van der Waals surface area (Å²) in [4.78, 5) is 2.45. The van der Waals surface area contributed by atoms with Crippen molar-refractivity contribution in [1.82, 2.24) is 4.90 Å². The van der Waals surface area contributed by atoms with Gasteiger partial charge in [0.15, 0.2) is 0 Å². The van der Waals surface area contributed by atoms with Gasteiger partial charge >= 0.3 is 0 Å². The Morgan fingerprint density at radius 2 is 1.50 bits per heavy atom. The van der Waals surface area contributed by atoms with Crippen LogP contribution in [0.15, 0.2) is 45.6 Å². The van der Waals surface area contributed by atoms with Gasteiger partial charge in [0.25, 0.3) is 0 Å². The van der Waals surface area contributed by atoms with Gasteiger partial charge in [-0.25, -0.2) is 0 Å². The van der Waals surface area contributed by atoms with Crippen molar-refractivity contribution in [3.05, 3.63) is 48.3 Å². The van der Waals surface area contributed by atoms with Crippen molar-refractivity contribution >= 4 is 0 Å². The second kappa shape index (κ2) is 6.80. The van der Waals surface area contributed by atoms with Crippen LogP contribution in [0.25, 0.3) is 0 Å². The van der Waals surface area contributed by atoms with Crippen molar-refractivity contribution in [1.29, 1.82) is 0 Å². The van der Waals surface area contributed by atoms with Crippen molar-refractivity contribution in [2.45, 2.75) is 45.2 Å². The first-order chi connectivity index (χ1) is 9.90. The minimum atomic E-state index is 0.827. The summed E-state index contributed by atoms with van der Waals surface area (Å²) in [5.74, 6) is 2.90. The first-order valence-corrected chi connectivity index (χ1v) is 7.67. The predicted molar refractivity (Wildman–Crippen MR) is 78.1 cm³/mol. The minimum absolute atomic E-state index is 0.827. The standard InChI is InChI=1S/C17H23NO2/c1-2-6-15(7-3-1)12-18(13-16-8-4-10-19-16)14-17-9-5-11-20-17/h4-5,8-11,15H,1-3,6-7,12-14H2. The quantitative estimate of drug-likeness (QED) is 0.778. The highest BCUT2D eigenvalue weighted by molar-refractivity contribution is 5.01. The maximum absolute atomic E-state index is 5.50. The molecule has 3 nitrogen and oxygen atoms in total. The Morgan fingerprint density at radius 1 is 0.900 bits per heavy atom. The fraction of sp³-hybridized carbons (Fsp3) is 0.529. The SMILES string of the molecule is c1coc(CN(Cc2ccco2)CC2CCCCC2)c1.